The van der Waals surface area contributed by atoms with E-state index in [9.17, 15) is 22.8 Å². The predicted molar refractivity (Wildman–Crippen MR) is 122 cm³/mol. The van der Waals surface area contributed by atoms with Gasteiger partial charge in [0, 0.05) is 10.7 Å². The zero-order valence-corrected chi connectivity index (χ0v) is 21.7. The van der Waals surface area contributed by atoms with E-state index >= 15 is 0 Å². The standard InChI is InChI=1S/C16H12I3NO8S/c1-29(24,25)20-14(21)7-8-11-13(28-16(8)23)12(10(7)26-11)27-15(22)5-2-4(17)3-6(18)9(5)19/h2-3,7-8,10-13H,1H3,(H,20,21). The number of hydrogen-bond donors (Lipinski definition) is 1. The van der Waals surface area contributed by atoms with Crippen molar-refractivity contribution in [2.45, 2.75) is 24.4 Å². The predicted octanol–water partition coefficient (Wildman–Crippen LogP) is 1.04. The molecule has 6 atom stereocenters. The van der Waals surface area contributed by atoms with Crippen molar-refractivity contribution in [2.75, 3.05) is 6.26 Å². The van der Waals surface area contributed by atoms with Crippen molar-refractivity contribution in [3.63, 3.8) is 0 Å². The minimum Gasteiger partial charge on any atom is -0.455 e. The van der Waals surface area contributed by atoms with Gasteiger partial charge in [-0.05, 0) is 79.9 Å². The van der Waals surface area contributed by atoms with Crippen LogP contribution in [-0.2, 0) is 33.8 Å². The number of halogens is 3. The molecule has 6 unspecified atom stereocenters. The molecule has 1 aromatic carbocycles. The minimum absolute atomic E-state index is 0.350. The topological polar surface area (TPSA) is 125 Å². The highest BCUT2D eigenvalue weighted by Gasteiger charge is 2.71. The molecule has 13 heteroatoms. The molecule has 9 nitrogen and oxygen atoms in total. The lowest BCUT2D eigenvalue weighted by atomic mass is 9.78. The van der Waals surface area contributed by atoms with Crippen molar-refractivity contribution in [1.82, 2.24) is 4.72 Å². The Kier molecular flexibility index (Phi) is 5.83. The molecule has 4 rings (SSSR count). The van der Waals surface area contributed by atoms with Crippen LogP contribution in [0.2, 0.25) is 0 Å². The van der Waals surface area contributed by atoms with Gasteiger partial charge in [0.05, 0.1) is 17.7 Å². The fourth-order valence-corrected chi connectivity index (χ4v) is 6.79. The Labute approximate surface area is 206 Å². The van der Waals surface area contributed by atoms with Crippen LogP contribution in [0.1, 0.15) is 10.4 Å². The molecule has 3 heterocycles. The molecule has 0 radical (unpaired) electrons. The van der Waals surface area contributed by atoms with Crippen molar-refractivity contribution >= 4 is 95.6 Å². The number of rotatable bonds is 4. The van der Waals surface area contributed by atoms with Gasteiger partial charge in [0.25, 0.3) is 0 Å². The minimum atomic E-state index is -3.83. The quantitative estimate of drug-likeness (QED) is 0.275. The number of fused-ring (bicyclic) bond motifs is 1. The molecule has 3 fully saturated rings. The van der Waals surface area contributed by atoms with Gasteiger partial charge in [0.15, 0.2) is 12.2 Å². The molecule has 29 heavy (non-hydrogen) atoms. The second-order valence-electron chi connectivity index (χ2n) is 6.88. The van der Waals surface area contributed by atoms with E-state index in [0.29, 0.717) is 9.13 Å². The van der Waals surface area contributed by atoms with Crippen LogP contribution in [0.25, 0.3) is 0 Å². The highest BCUT2D eigenvalue weighted by atomic mass is 127. The third-order valence-corrected chi connectivity index (χ3v) is 9.19. The van der Waals surface area contributed by atoms with Crippen molar-refractivity contribution < 1.29 is 37.0 Å². The zero-order chi connectivity index (χ0) is 21.2. The fourth-order valence-electron chi connectivity index (χ4n) is 3.91. The third-order valence-electron chi connectivity index (χ3n) is 4.95. The number of hydrogen-bond acceptors (Lipinski definition) is 8. The Hall–Kier alpha value is -0.270. The first-order valence-corrected chi connectivity index (χ1v) is 13.3. The van der Waals surface area contributed by atoms with Gasteiger partial charge in [0.1, 0.15) is 18.1 Å². The first-order chi connectivity index (χ1) is 13.5. The highest BCUT2D eigenvalue weighted by molar-refractivity contribution is 14.1. The number of carbonyl (C=O) groups excluding carboxylic acids is 3. The molecule has 2 bridgehead atoms. The van der Waals surface area contributed by atoms with Gasteiger partial charge in [-0.1, -0.05) is 0 Å². The van der Waals surface area contributed by atoms with Crippen LogP contribution in [0.5, 0.6) is 0 Å². The average Bonchev–Trinajstić information content (AvgIpc) is 3.19. The second-order valence-corrected chi connectivity index (χ2v) is 12.1. The summed E-state index contributed by atoms with van der Waals surface area (Å²) in [6.45, 7) is 0. The maximum Gasteiger partial charge on any atom is 0.339 e. The Morgan fingerprint density at radius 2 is 1.83 bits per heavy atom. The monoisotopic (exact) mass is 759 g/mol. The summed E-state index contributed by atoms with van der Waals surface area (Å²) >= 11 is 6.25. The molecule has 1 amide bonds. The number of nitrogens with one attached hydrogen (secondary N) is 1. The van der Waals surface area contributed by atoms with E-state index < -0.39 is 64.1 Å². The van der Waals surface area contributed by atoms with Crippen molar-refractivity contribution in [3.05, 3.63) is 28.4 Å². The summed E-state index contributed by atoms with van der Waals surface area (Å²) in [5.74, 6) is -4.20. The maximum absolute atomic E-state index is 12.8. The van der Waals surface area contributed by atoms with Crippen LogP contribution >= 0.6 is 67.8 Å². The second kappa shape index (κ2) is 7.70. The molecule has 0 aliphatic carbocycles. The summed E-state index contributed by atoms with van der Waals surface area (Å²) in [6, 6.07) is 3.59. The van der Waals surface area contributed by atoms with E-state index in [0.717, 1.165) is 13.4 Å². The van der Waals surface area contributed by atoms with E-state index in [1.165, 1.54) is 0 Å². The molecule has 3 saturated heterocycles. The third kappa shape index (κ3) is 3.89. The van der Waals surface area contributed by atoms with Crippen LogP contribution in [0.3, 0.4) is 0 Å². The van der Waals surface area contributed by atoms with Crippen LogP contribution in [0.4, 0.5) is 0 Å². The molecular weight excluding hydrogens is 747 g/mol. The smallest absolute Gasteiger partial charge is 0.339 e. The van der Waals surface area contributed by atoms with Gasteiger partial charge in [-0.15, -0.1) is 0 Å². The highest BCUT2D eigenvalue weighted by Crippen LogP contribution is 2.51. The van der Waals surface area contributed by atoms with E-state index in [2.05, 4.69) is 45.2 Å². The molecule has 156 valence electrons. The lowest BCUT2D eigenvalue weighted by molar-refractivity contribution is -0.147. The number of amides is 1. The molecule has 0 aromatic heterocycles. The van der Waals surface area contributed by atoms with Gasteiger partial charge < -0.3 is 14.2 Å². The Balaban J connectivity index is 1.62. The van der Waals surface area contributed by atoms with Gasteiger partial charge in [0.2, 0.25) is 15.9 Å². The summed E-state index contributed by atoms with van der Waals surface area (Å²) < 4.78 is 43.9. The van der Waals surface area contributed by atoms with E-state index in [1.54, 1.807) is 6.07 Å². The number of sulfonamides is 1. The Morgan fingerprint density at radius 1 is 1.14 bits per heavy atom. The van der Waals surface area contributed by atoms with Crippen molar-refractivity contribution in [1.29, 1.82) is 0 Å². The van der Waals surface area contributed by atoms with Crippen LogP contribution in [0.15, 0.2) is 12.1 Å². The van der Waals surface area contributed by atoms with E-state index in [-0.39, 0.29) is 0 Å². The van der Waals surface area contributed by atoms with Gasteiger partial charge in [-0.2, -0.15) is 0 Å². The van der Waals surface area contributed by atoms with Crippen LogP contribution < -0.4 is 4.72 Å². The largest absolute Gasteiger partial charge is 0.455 e. The molecule has 1 aromatic rings. The lowest BCUT2D eigenvalue weighted by Gasteiger charge is -2.27. The van der Waals surface area contributed by atoms with E-state index in [1.807, 2.05) is 33.4 Å². The average molecular weight is 759 g/mol. The van der Waals surface area contributed by atoms with Crippen molar-refractivity contribution in [2.24, 2.45) is 11.8 Å². The lowest BCUT2D eigenvalue weighted by Crippen LogP contribution is -2.51. The van der Waals surface area contributed by atoms with Gasteiger partial charge in [-0.25, -0.2) is 13.2 Å². The van der Waals surface area contributed by atoms with Gasteiger partial charge >= 0.3 is 11.9 Å². The summed E-state index contributed by atoms with van der Waals surface area (Å²) in [5.41, 5.74) is 0.350. The molecular formula is C16H12I3NO8S. The number of benzene rings is 1. The molecule has 0 saturated carbocycles. The Morgan fingerprint density at radius 3 is 2.48 bits per heavy atom. The number of ether oxygens (including phenoxy) is 3. The SMILES string of the molecule is CS(=O)(=O)NC(=O)C1C2OC3C(OC(=O)C31)C2OC(=O)c1cc(I)cc(I)c1I. The molecule has 3 aliphatic rings. The van der Waals surface area contributed by atoms with E-state index in [4.69, 9.17) is 14.2 Å². The summed E-state index contributed by atoms with van der Waals surface area (Å²) in [7, 11) is -3.83. The first-order valence-electron chi connectivity index (χ1n) is 8.21. The van der Waals surface area contributed by atoms with Crippen LogP contribution in [0, 0.1) is 22.5 Å². The van der Waals surface area contributed by atoms with Crippen LogP contribution in [-0.4, -0.2) is 56.9 Å². The molecule has 0 spiro atoms. The summed E-state index contributed by atoms with van der Waals surface area (Å²) in [6.07, 6.45) is -2.70. The van der Waals surface area contributed by atoms with Gasteiger partial charge in [-0.3, -0.25) is 14.3 Å². The zero-order valence-electron chi connectivity index (χ0n) is 14.4. The molecule has 3 aliphatic heterocycles. The van der Waals surface area contributed by atoms with Crippen molar-refractivity contribution in [3.8, 4) is 0 Å². The Bertz CT molecular complexity index is 1040. The first kappa shape index (κ1) is 21.9. The normalized spacial score (nSPS) is 32.2. The summed E-state index contributed by atoms with van der Waals surface area (Å²) in [5, 5.41) is 0. The number of esters is 2. The maximum atomic E-state index is 12.8. The molecule has 1 N–H and O–H groups in total. The fraction of sp³-hybridized carbons (Fsp3) is 0.438. The number of carbonyl (C=O) groups is 3. The summed E-state index contributed by atoms with van der Waals surface area (Å²) in [4.78, 5) is 37.6.